The van der Waals surface area contributed by atoms with E-state index in [1.807, 2.05) is 12.1 Å². The second-order valence-corrected chi connectivity index (χ2v) is 17.2. The normalized spacial score (nSPS) is 14.8. The third-order valence-electron chi connectivity index (χ3n) is 12.9. The van der Waals surface area contributed by atoms with Crippen molar-refractivity contribution in [1.82, 2.24) is 4.57 Å². The molecule has 10 aromatic rings. The summed E-state index contributed by atoms with van der Waals surface area (Å²) in [6.07, 6.45) is 2.41. The molecule has 0 radical (unpaired) electrons. The molecule has 276 valence electrons. The minimum atomic E-state index is 0.141. The average molecular weight is 737 g/mol. The first-order chi connectivity index (χ1) is 27.7. The Kier molecular flexibility index (Phi) is 7.38. The lowest BCUT2D eigenvalue weighted by Gasteiger charge is -2.42. The molecule has 0 amide bonds. The first-order valence-corrected chi connectivity index (χ1v) is 20.2. The zero-order valence-electron chi connectivity index (χ0n) is 32.9. The minimum Gasteiger partial charge on any atom is -0.456 e. The number of fused-ring (bicyclic) bond motifs is 8. The third kappa shape index (κ3) is 5.33. The van der Waals surface area contributed by atoms with Gasteiger partial charge >= 0.3 is 0 Å². The molecule has 1 aliphatic carbocycles. The molecule has 0 aliphatic heterocycles. The monoisotopic (exact) mass is 736 g/mol. The summed E-state index contributed by atoms with van der Waals surface area (Å²) < 4.78 is 8.86. The largest absolute Gasteiger partial charge is 0.456 e. The number of rotatable bonds is 5. The number of hydrogen-bond acceptors (Lipinski definition) is 2. The molecule has 3 nitrogen and oxygen atoms in total. The fourth-order valence-corrected chi connectivity index (χ4v) is 9.63. The number of furan rings is 1. The molecule has 0 saturated heterocycles. The summed E-state index contributed by atoms with van der Waals surface area (Å²) in [5, 5.41) is 7.20. The predicted octanol–water partition coefficient (Wildman–Crippen LogP) is 15.3. The van der Waals surface area contributed by atoms with Gasteiger partial charge in [-0.25, -0.2) is 0 Å². The first kappa shape index (κ1) is 33.7. The Morgan fingerprint density at radius 1 is 0.456 bits per heavy atom. The molecule has 0 spiro atoms. The van der Waals surface area contributed by atoms with E-state index >= 15 is 0 Å². The number of benzene rings is 8. The molecular weight excluding hydrogens is 693 g/mol. The van der Waals surface area contributed by atoms with Crippen LogP contribution in [-0.2, 0) is 10.8 Å². The van der Waals surface area contributed by atoms with Crippen LogP contribution in [0.4, 0.5) is 17.1 Å². The number of hydrogen-bond donors (Lipinski definition) is 0. The predicted molar refractivity (Wildman–Crippen MR) is 241 cm³/mol. The molecule has 0 saturated carbocycles. The van der Waals surface area contributed by atoms with E-state index in [-0.39, 0.29) is 10.8 Å². The zero-order chi connectivity index (χ0) is 38.5. The number of para-hydroxylation sites is 2. The highest BCUT2D eigenvalue weighted by atomic mass is 16.3. The van der Waals surface area contributed by atoms with Gasteiger partial charge in [0, 0.05) is 50.1 Å². The van der Waals surface area contributed by atoms with Crippen molar-refractivity contribution in [2.75, 3.05) is 4.90 Å². The van der Waals surface area contributed by atoms with Crippen LogP contribution in [0.2, 0.25) is 0 Å². The van der Waals surface area contributed by atoms with Crippen LogP contribution in [0.25, 0.3) is 71.3 Å². The highest BCUT2D eigenvalue weighted by Crippen LogP contribution is 2.47. The summed E-state index contributed by atoms with van der Waals surface area (Å²) in [6.45, 7) is 9.62. The van der Waals surface area contributed by atoms with Gasteiger partial charge in [0.2, 0.25) is 0 Å². The van der Waals surface area contributed by atoms with Crippen molar-refractivity contribution in [1.29, 1.82) is 0 Å². The maximum absolute atomic E-state index is 6.39. The fourth-order valence-electron chi connectivity index (χ4n) is 9.63. The topological polar surface area (TPSA) is 21.3 Å². The van der Waals surface area contributed by atoms with Crippen LogP contribution in [-0.4, -0.2) is 4.57 Å². The van der Waals surface area contributed by atoms with E-state index in [1.54, 1.807) is 0 Å². The zero-order valence-corrected chi connectivity index (χ0v) is 32.9. The van der Waals surface area contributed by atoms with Crippen molar-refractivity contribution in [2.24, 2.45) is 0 Å². The number of aromatic nitrogens is 1. The van der Waals surface area contributed by atoms with Gasteiger partial charge in [-0.15, -0.1) is 0 Å². The van der Waals surface area contributed by atoms with Crippen molar-refractivity contribution in [3.63, 3.8) is 0 Å². The summed E-state index contributed by atoms with van der Waals surface area (Å²) >= 11 is 0. The summed E-state index contributed by atoms with van der Waals surface area (Å²) in [4.78, 5) is 2.36. The molecule has 0 unspecified atom stereocenters. The lowest BCUT2D eigenvalue weighted by molar-refractivity contribution is 0.332. The summed E-state index contributed by atoms with van der Waals surface area (Å²) in [5.41, 5.74) is 14.4. The number of anilines is 3. The van der Waals surface area contributed by atoms with Gasteiger partial charge in [-0.05, 0) is 118 Å². The van der Waals surface area contributed by atoms with Crippen LogP contribution in [0.5, 0.6) is 0 Å². The van der Waals surface area contributed by atoms with Gasteiger partial charge < -0.3 is 13.9 Å². The van der Waals surface area contributed by atoms with Crippen LogP contribution in [0, 0.1) is 0 Å². The summed E-state index contributed by atoms with van der Waals surface area (Å²) in [5.74, 6) is 0. The Morgan fingerprint density at radius 2 is 1.11 bits per heavy atom. The Hall–Kier alpha value is -6.58. The smallest absolute Gasteiger partial charge is 0.137 e. The molecule has 0 bridgehead atoms. The van der Waals surface area contributed by atoms with Gasteiger partial charge in [0.15, 0.2) is 0 Å². The van der Waals surface area contributed by atoms with Gasteiger partial charge in [-0.3, -0.25) is 0 Å². The van der Waals surface area contributed by atoms with Crippen LogP contribution in [0.1, 0.15) is 51.7 Å². The lowest BCUT2D eigenvalue weighted by atomic mass is 9.63. The van der Waals surface area contributed by atoms with Crippen LogP contribution >= 0.6 is 0 Å². The van der Waals surface area contributed by atoms with Crippen LogP contribution < -0.4 is 4.90 Å². The van der Waals surface area contributed by atoms with Gasteiger partial charge in [0.25, 0.3) is 0 Å². The van der Waals surface area contributed by atoms with Gasteiger partial charge in [-0.2, -0.15) is 0 Å². The molecule has 2 aromatic heterocycles. The lowest BCUT2D eigenvalue weighted by Crippen LogP contribution is -2.33. The van der Waals surface area contributed by atoms with Crippen molar-refractivity contribution in [2.45, 2.75) is 51.4 Å². The van der Waals surface area contributed by atoms with Crippen LogP contribution in [0.3, 0.4) is 0 Å². The molecule has 3 heteroatoms. The Bertz CT molecular complexity index is 3190. The maximum Gasteiger partial charge on any atom is 0.137 e. The van der Waals surface area contributed by atoms with E-state index in [0.29, 0.717) is 0 Å². The Labute approximate surface area is 333 Å². The average Bonchev–Trinajstić information content (AvgIpc) is 3.78. The van der Waals surface area contributed by atoms with Crippen molar-refractivity contribution in [3.8, 4) is 16.8 Å². The quantitative estimate of drug-likeness (QED) is 0.175. The minimum absolute atomic E-state index is 0.141. The molecule has 57 heavy (non-hydrogen) atoms. The summed E-state index contributed by atoms with van der Waals surface area (Å²) in [7, 11) is 0. The molecule has 1 aliphatic rings. The molecule has 11 rings (SSSR count). The highest BCUT2D eigenvalue weighted by Gasteiger charge is 2.37. The first-order valence-electron chi connectivity index (χ1n) is 20.2. The Morgan fingerprint density at radius 3 is 1.95 bits per heavy atom. The van der Waals surface area contributed by atoms with Gasteiger partial charge in [0.05, 0.1) is 16.7 Å². The third-order valence-corrected chi connectivity index (χ3v) is 12.9. The highest BCUT2D eigenvalue weighted by molar-refractivity contribution is 6.11. The van der Waals surface area contributed by atoms with Crippen molar-refractivity contribution in [3.05, 3.63) is 181 Å². The molecule has 2 heterocycles. The second kappa shape index (κ2) is 12.5. The van der Waals surface area contributed by atoms with E-state index in [9.17, 15) is 0 Å². The van der Waals surface area contributed by atoms with Gasteiger partial charge in [-0.1, -0.05) is 125 Å². The maximum atomic E-state index is 6.39. The van der Waals surface area contributed by atoms with Gasteiger partial charge in [0.1, 0.15) is 11.2 Å². The van der Waals surface area contributed by atoms with E-state index < -0.39 is 0 Å². The molecule has 0 fully saturated rings. The molecular formula is C54H44N2O. The van der Waals surface area contributed by atoms with Crippen molar-refractivity contribution < 1.29 is 4.42 Å². The van der Waals surface area contributed by atoms with E-state index in [0.717, 1.165) is 39.0 Å². The summed E-state index contributed by atoms with van der Waals surface area (Å²) in [6, 6.07) is 62.1. The fraction of sp³-hybridized carbons (Fsp3) is 0.148. The molecule has 0 atom stereocenters. The molecule has 8 aromatic carbocycles. The second-order valence-electron chi connectivity index (χ2n) is 17.2. The number of nitrogens with zero attached hydrogens (tertiary/aromatic N) is 2. The SMILES string of the molecule is CC1(C)CCC(C)(C)c2cc(-n3c4ccccc4c4cc(-c5ccc(N(c6ccc7c(c6)oc6ccccc67)c6cccc7ccccc67)cc5)ccc43)ccc21. The molecule has 0 N–H and O–H groups in total. The van der Waals surface area contributed by atoms with E-state index in [4.69, 9.17) is 4.42 Å². The Balaban J connectivity index is 1.02. The van der Waals surface area contributed by atoms with E-state index in [1.165, 1.54) is 73.4 Å². The van der Waals surface area contributed by atoms with E-state index in [2.05, 4.69) is 195 Å². The van der Waals surface area contributed by atoms with Crippen LogP contribution in [0.15, 0.2) is 174 Å². The standard InChI is InChI=1S/C54H44N2O/c1-53(2)30-31-54(3,4)47-33-39(26-28-46(47)53)56-49-17-9-7-15-42(49)45-32-37(22-29-50(45)56)35-20-23-38(24-21-35)55(48-18-11-13-36-12-5-6-14-41(36)48)40-25-27-44-43-16-8-10-19-51(43)57-52(44)34-40/h5-29,32-34H,30-31H2,1-4H3. The van der Waals surface area contributed by atoms with Crippen molar-refractivity contribution >= 4 is 71.6 Å².